The second-order valence-corrected chi connectivity index (χ2v) is 5.13. The van der Waals surface area contributed by atoms with Crippen LogP contribution >= 0.6 is 12.2 Å². The first kappa shape index (κ1) is 14.3. The topological polar surface area (TPSA) is 59.8 Å². The first-order valence-corrected chi connectivity index (χ1v) is 6.83. The van der Waals surface area contributed by atoms with Crippen molar-refractivity contribution in [2.24, 2.45) is 0 Å². The molecule has 1 aliphatic heterocycles. The molecule has 8 heteroatoms. The Hall–Kier alpha value is -1.09. The zero-order valence-corrected chi connectivity index (χ0v) is 11.9. The van der Waals surface area contributed by atoms with E-state index >= 15 is 0 Å². The summed E-state index contributed by atoms with van der Waals surface area (Å²) in [6.07, 6.45) is 4.32. The van der Waals surface area contributed by atoms with Crippen molar-refractivity contribution in [2.45, 2.75) is 13.3 Å². The number of hydrogen-bond donors (Lipinski definition) is 0. The molecular weight excluding hydrogens is 268 g/mol. The molecule has 1 amide bonds. The number of aromatic nitrogens is 2. The Morgan fingerprint density at radius 2 is 2.21 bits per heavy atom. The lowest BCUT2D eigenvalue weighted by Crippen LogP contribution is -2.37. The SMILES string of the molecule is COOSN1CCCN(C(=O)n2cc(C)cn2)CC1. The first-order valence-electron chi connectivity index (χ1n) is 6.13. The molecule has 1 fully saturated rings. The maximum absolute atomic E-state index is 12.2. The van der Waals surface area contributed by atoms with Crippen molar-refractivity contribution in [3.8, 4) is 0 Å². The third-order valence-corrected chi connectivity index (χ3v) is 3.61. The predicted molar refractivity (Wildman–Crippen MR) is 71.2 cm³/mol. The van der Waals surface area contributed by atoms with E-state index in [-0.39, 0.29) is 6.03 Å². The molecule has 7 nitrogen and oxygen atoms in total. The van der Waals surface area contributed by atoms with Crippen LogP contribution < -0.4 is 0 Å². The molecule has 1 aromatic rings. The molecule has 1 saturated heterocycles. The van der Waals surface area contributed by atoms with Crippen LogP contribution in [0.5, 0.6) is 0 Å². The van der Waals surface area contributed by atoms with E-state index in [4.69, 9.17) is 4.33 Å². The van der Waals surface area contributed by atoms with Crippen LogP contribution in [-0.4, -0.2) is 58.3 Å². The van der Waals surface area contributed by atoms with Crippen molar-refractivity contribution < 1.29 is 14.0 Å². The fourth-order valence-corrected chi connectivity index (χ4v) is 2.40. The number of hydrogen-bond acceptors (Lipinski definition) is 6. The Kier molecular flexibility index (Phi) is 5.20. The zero-order valence-electron chi connectivity index (χ0n) is 11.1. The molecular formula is C11H18N4O3S. The minimum absolute atomic E-state index is 0.0763. The fraction of sp³-hybridized carbons (Fsp3) is 0.636. The Bertz CT molecular complexity index is 426. The Labute approximate surface area is 116 Å². The molecule has 2 heterocycles. The number of amides is 1. The lowest BCUT2D eigenvalue weighted by molar-refractivity contribution is -0.163. The Morgan fingerprint density at radius 3 is 2.89 bits per heavy atom. The van der Waals surface area contributed by atoms with Crippen molar-refractivity contribution in [1.29, 1.82) is 0 Å². The van der Waals surface area contributed by atoms with Gasteiger partial charge in [-0.15, -0.1) is 4.33 Å². The van der Waals surface area contributed by atoms with Crippen LogP contribution in [0.15, 0.2) is 12.4 Å². The van der Waals surface area contributed by atoms with E-state index in [2.05, 4.69) is 9.99 Å². The van der Waals surface area contributed by atoms with Crippen molar-refractivity contribution >= 4 is 18.3 Å². The van der Waals surface area contributed by atoms with E-state index in [0.29, 0.717) is 6.54 Å². The van der Waals surface area contributed by atoms with Gasteiger partial charge in [-0.2, -0.15) is 9.78 Å². The number of rotatable bonds is 3. The summed E-state index contributed by atoms with van der Waals surface area (Å²) < 4.78 is 8.26. The lowest BCUT2D eigenvalue weighted by Gasteiger charge is -2.20. The summed E-state index contributed by atoms with van der Waals surface area (Å²) in [6.45, 7) is 4.88. The third kappa shape index (κ3) is 3.93. The maximum Gasteiger partial charge on any atom is 0.344 e. The van der Waals surface area contributed by atoms with Crippen LogP contribution in [0.4, 0.5) is 4.79 Å². The molecule has 0 bridgehead atoms. The molecule has 0 aliphatic carbocycles. The quantitative estimate of drug-likeness (QED) is 0.361. The zero-order chi connectivity index (χ0) is 13.7. The van der Waals surface area contributed by atoms with E-state index in [1.807, 2.05) is 11.2 Å². The van der Waals surface area contributed by atoms with Gasteiger partial charge in [-0.3, -0.25) is 0 Å². The third-order valence-electron chi connectivity index (χ3n) is 2.84. The largest absolute Gasteiger partial charge is 0.344 e. The van der Waals surface area contributed by atoms with Gasteiger partial charge < -0.3 is 4.90 Å². The molecule has 0 aromatic carbocycles. The molecule has 0 radical (unpaired) electrons. The average Bonchev–Trinajstić information content (AvgIpc) is 2.71. The van der Waals surface area contributed by atoms with Gasteiger partial charge in [0.25, 0.3) is 0 Å². The minimum atomic E-state index is -0.0763. The van der Waals surface area contributed by atoms with Crippen molar-refractivity contribution in [3.63, 3.8) is 0 Å². The Morgan fingerprint density at radius 1 is 1.37 bits per heavy atom. The number of carbonyl (C=O) groups excluding carboxylic acids is 1. The molecule has 1 aliphatic rings. The highest BCUT2D eigenvalue weighted by Gasteiger charge is 2.21. The first-order chi connectivity index (χ1) is 9.20. The normalized spacial score (nSPS) is 17.5. The number of carbonyl (C=O) groups is 1. The van der Waals surface area contributed by atoms with Gasteiger partial charge in [0.15, 0.2) is 0 Å². The van der Waals surface area contributed by atoms with Crippen LogP contribution in [0.1, 0.15) is 12.0 Å². The smallest absolute Gasteiger partial charge is 0.321 e. The predicted octanol–water partition coefficient (Wildman–Crippen LogP) is 1.31. The van der Waals surface area contributed by atoms with Crippen LogP contribution in [0.25, 0.3) is 0 Å². The fourth-order valence-electron chi connectivity index (χ4n) is 1.90. The molecule has 0 saturated carbocycles. The summed E-state index contributed by atoms with van der Waals surface area (Å²) in [6, 6.07) is -0.0763. The van der Waals surface area contributed by atoms with Gasteiger partial charge in [-0.25, -0.2) is 14.0 Å². The van der Waals surface area contributed by atoms with E-state index in [9.17, 15) is 4.79 Å². The van der Waals surface area contributed by atoms with Crippen LogP contribution in [0.2, 0.25) is 0 Å². The van der Waals surface area contributed by atoms with Crippen molar-refractivity contribution in [2.75, 3.05) is 33.3 Å². The van der Waals surface area contributed by atoms with Gasteiger partial charge in [-0.1, -0.05) is 0 Å². The minimum Gasteiger partial charge on any atom is -0.321 e. The summed E-state index contributed by atoms with van der Waals surface area (Å²) >= 11 is 1.18. The van der Waals surface area contributed by atoms with Crippen molar-refractivity contribution in [3.05, 3.63) is 18.0 Å². The van der Waals surface area contributed by atoms with Crippen LogP contribution in [-0.2, 0) is 9.22 Å². The molecule has 0 unspecified atom stereocenters. The van der Waals surface area contributed by atoms with Gasteiger partial charge in [0.05, 0.1) is 13.3 Å². The molecule has 1 aromatic heterocycles. The molecule has 106 valence electrons. The van der Waals surface area contributed by atoms with E-state index < -0.39 is 0 Å². The summed E-state index contributed by atoms with van der Waals surface area (Å²) in [4.78, 5) is 18.6. The summed E-state index contributed by atoms with van der Waals surface area (Å²) in [5, 5.41) is 4.05. The van der Waals surface area contributed by atoms with Gasteiger partial charge in [0, 0.05) is 32.4 Å². The maximum atomic E-state index is 12.2. The van der Waals surface area contributed by atoms with E-state index in [1.165, 1.54) is 24.0 Å². The molecule has 0 spiro atoms. The summed E-state index contributed by atoms with van der Waals surface area (Å²) in [5.74, 6) is 0. The number of aryl methyl sites for hydroxylation is 1. The highest BCUT2D eigenvalue weighted by molar-refractivity contribution is 7.92. The van der Waals surface area contributed by atoms with Gasteiger partial charge >= 0.3 is 6.03 Å². The second-order valence-electron chi connectivity index (χ2n) is 4.32. The van der Waals surface area contributed by atoms with Gasteiger partial charge in [0.1, 0.15) is 12.2 Å². The molecule has 19 heavy (non-hydrogen) atoms. The molecule has 2 rings (SSSR count). The lowest BCUT2D eigenvalue weighted by atomic mass is 10.4. The monoisotopic (exact) mass is 286 g/mol. The van der Waals surface area contributed by atoms with E-state index in [0.717, 1.165) is 31.6 Å². The average molecular weight is 286 g/mol. The molecule has 0 atom stereocenters. The van der Waals surface area contributed by atoms with E-state index in [1.54, 1.807) is 17.3 Å². The highest BCUT2D eigenvalue weighted by atomic mass is 32.2. The standard InChI is InChI=1S/C11H18N4O3S/c1-10-8-12-15(9-10)11(16)13-4-3-5-14(7-6-13)19-18-17-2/h8-9H,3-7H2,1-2H3. The number of nitrogens with zero attached hydrogens (tertiary/aromatic N) is 4. The van der Waals surface area contributed by atoms with Gasteiger partial charge in [0.2, 0.25) is 0 Å². The highest BCUT2D eigenvalue weighted by Crippen LogP contribution is 2.15. The Balaban J connectivity index is 1.90. The van der Waals surface area contributed by atoms with Crippen LogP contribution in [0.3, 0.4) is 0 Å². The summed E-state index contributed by atoms with van der Waals surface area (Å²) in [5.41, 5.74) is 0.980. The summed E-state index contributed by atoms with van der Waals surface area (Å²) in [7, 11) is 1.47. The van der Waals surface area contributed by atoms with Crippen LogP contribution in [0, 0.1) is 6.92 Å². The van der Waals surface area contributed by atoms with Crippen molar-refractivity contribution in [1.82, 2.24) is 19.0 Å². The second kappa shape index (κ2) is 6.90. The molecule has 0 N–H and O–H groups in total. The van der Waals surface area contributed by atoms with Gasteiger partial charge in [-0.05, 0) is 18.9 Å².